The standard InChI is InChI=1S/C80H156O17P2/c1-7-10-12-14-16-18-20-22-24-25-26-27-33-37-41-45-53-59-65-79(84)96-75(68-90-77(82)62-56-50-43-39-35-32-29-28-30-34-38-42-48-54-60-72(4)5)70-94-98(86,87)92-66-74(81)67-93-99(88,89)95-71-76(69-91-78(83)63-57-51-47-46-49-55-61-73(6)9-3)97-80(85)64-58-52-44-40-36-31-23-21-19-17-15-13-11-8-2/h72-76,81H,7-71H2,1-6H3,(H,86,87)(H,88,89)/t73?,74-,75-,76-/m1/s1. The Kier molecular flexibility index (Phi) is 70.3. The maximum absolute atomic E-state index is 13.1. The Labute approximate surface area is 607 Å². The van der Waals surface area contributed by atoms with Gasteiger partial charge < -0.3 is 33.8 Å². The van der Waals surface area contributed by atoms with E-state index in [0.29, 0.717) is 25.7 Å². The fourth-order valence-corrected chi connectivity index (χ4v) is 13.9. The molecule has 0 aromatic carbocycles. The zero-order chi connectivity index (χ0) is 72.8. The molecule has 0 aliphatic heterocycles. The Bertz CT molecular complexity index is 1910. The van der Waals surface area contributed by atoms with Crippen LogP contribution in [0.3, 0.4) is 0 Å². The number of esters is 4. The van der Waals surface area contributed by atoms with Crippen LogP contribution in [0.5, 0.6) is 0 Å². The van der Waals surface area contributed by atoms with Gasteiger partial charge in [0.1, 0.15) is 19.3 Å². The molecule has 0 amide bonds. The Hall–Kier alpha value is -1.94. The van der Waals surface area contributed by atoms with Crippen LogP contribution >= 0.6 is 15.6 Å². The highest BCUT2D eigenvalue weighted by molar-refractivity contribution is 7.47. The van der Waals surface area contributed by atoms with E-state index in [1.165, 1.54) is 231 Å². The highest BCUT2D eigenvalue weighted by Gasteiger charge is 2.30. The predicted molar refractivity (Wildman–Crippen MR) is 405 cm³/mol. The molecule has 3 unspecified atom stereocenters. The van der Waals surface area contributed by atoms with Crippen LogP contribution in [0.15, 0.2) is 0 Å². The van der Waals surface area contributed by atoms with E-state index in [4.69, 9.17) is 37.0 Å². The first-order chi connectivity index (χ1) is 47.9. The van der Waals surface area contributed by atoms with Crippen molar-refractivity contribution in [3.8, 4) is 0 Å². The van der Waals surface area contributed by atoms with E-state index in [9.17, 15) is 43.2 Å². The van der Waals surface area contributed by atoms with Gasteiger partial charge in [-0.15, -0.1) is 0 Å². The van der Waals surface area contributed by atoms with Gasteiger partial charge in [-0.05, 0) is 37.5 Å². The van der Waals surface area contributed by atoms with Crippen molar-refractivity contribution in [2.24, 2.45) is 11.8 Å². The number of rotatable bonds is 79. The molecular weight excluding hydrogens is 1290 g/mol. The molecule has 17 nitrogen and oxygen atoms in total. The van der Waals surface area contributed by atoms with Crippen LogP contribution in [-0.2, 0) is 65.4 Å². The number of carbonyl (C=O) groups excluding carboxylic acids is 4. The van der Waals surface area contributed by atoms with Gasteiger partial charge in [0.25, 0.3) is 0 Å². The van der Waals surface area contributed by atoms with Crippen molar-refractivity contribution in [1.82, 2.24) is 0 Å². The molecule has 0 aromatic rings. The summed E-state index contributed by atoms with van der Waals surface area (Å²) in [5.74, 6) is -0.579. The molecule has 0 aromatic heterocycles. The zero-order valence-corrected chi connectivity index (χ0v) is 66.6. The molecule has 6 atom stereocenters. The third kappa shape index (κ3) is 72.8. The number of aliphatic hydroxyl groups is 1. The molecule has 0 heterocycles. The highest BCUT2D eigenvalue weighted by atomic mass is 31.2. The first-order valence-electron chi connectivity index (χ1n) is 41.5. The summed E-state index contributed by atoms with van der Waals surface area (Å²) in [5, 5.41) is 10.6. The Morgan fingerprint density at radius 1 is 0.293 bits per heavy atom. The fourth-order valence-electron chi connectivity index (χ4n) is 12.3. The van der Waals surface area contributed by atoms with Crippen molar-refractivity contribution < 1.29 is 80.2 Å². The summed E-state index contributed by atoms with van der Waals surface area (Å²) < 4.78 is 68.7. The van der Waals surface area contributed by atoms with Crippen LogP contribution in [0.2, 0.25) is 0 Å². The van der Waals surface area contributed by atoms with Crippen LogP contribution in [0.4, 0.5) is 0 Å². The number of phosphoric ester groups is 2. The van der Waals surface area contributed by atoms with Crippen LogP contribution in [0.1, 0.15) is 420 Å². The topological polar surface area (TPSA) is 237 Å². The zero-order valence-electron chi connectivity index (χ0n) is 64.8. The monoisotopic (exact) mass is 1450 g/mol. The molecule has 0 aliphatic carbocycles. The maximum atomic E-state index is 13.1. The first-order valence-corrected chi connectivity index (χ1v) is 44.5. The summed E-state index contributed by atoms with van der Waals surface area (Å²) in [6.07, 6.45) is 61.0. The minimum Gasteiger partial charge on any atom is -0.462 e. The summed E-state index contributed by atoms with van der Waals surface area (Å²) in [6.45, 7) is 9.62. The summed E-state index contributed by atoms with van der Waals surface area (Å²) in [4.78, 5) is 73.0. The summed E-state index contributed by atoms with van der Waals surface area (Å²) in [6, 6.07) is 0. The minimum atomic E-state index is -4.96. The Morgan fingerprint density at radius 3 is 0.768 bits per heavy atom. The average molecular weight is 1450 g/mol. The molecular formula is C80H156O17P2. The van der Waals surface area contributed by atoms with Gasteiger partial charge >= 0.3 is 39.5 Å². The van der Waals surface area contributed by atoms with Crippen molar-refractivity contribution in [3.63, 3.8) is 0 Å². The molecule has 0 aliphatic rings. The molecule has 0 bridgehead atoms. The molecule has 3 N–H and O–H groups in total. The molecule has 0 radical (unpaired) electrons. The molecule has 99 heavy (non-hydrogen) atoms. The van der Waals surface area contributed by atoms with E-state index in [2.05, 4.69) is 41.5 Å². The smallest absolute Gasteiger partial charge is 0.462 e. The summed E-state index contributed by atoms with van der Waals surface area (Å²) >= 11 is 0. The van der Waals surface area contributed by atoms with Crippen molar-refractivity contribution in [2.45, 2.75) is 439 Å². The molecule has 0 fully saturated rings. The molecule has 0 saturated carbocycles. The van der Waals surface area contributed by atoms with Gasteiger partial charge in [-0.2, -0.15) is 0 Å². The van der Waals surface area contributed by atoms with Gasteiger partial charge in [0.2, 0.25) is 0 Å². The van der Waals surface area contributed by atoms with Crippen LogP contribution in [0, 0.1) is 11.8 Å². The van der Waals surface area contributed by atoms with Crippen LogP contribution in [-0.4, -0.2) is 96.7 Å². The molecule has 588 valence electrons. The second kappa shape index (κ2) is 71.7. The quantitative estimate of drug-likeness (QED) is 0.0222. The fraction of sp³-hybridized carbons (Fsp3) is 0.950. The van der Waals surface area contributed by atoms with Gasteiger partial charge in [0.15, 0.2) is 12.2 Å². The van der Waals surface area contributed by atoms with E-state index in [1.54, 1.807) is 0 Å². The van der Waals surface area contributed by atoms with E-state index < -0.39 is 97.5 Å². The van der Waals surface area contributed by atoms with Gasteiger partial charge in [0.05, 0.1) is 26.4 Å². The van der Waals surface area contributed by atoms with Gasteiger partial charge in [-0.3, -0.25) is 37.3 Å². The number of unbranched alkanes of at least 4 members (excludes halogenated alkanes) is 48. The lowest BCUT2D eigenvalue weighted by molar-refractivity contribution is -0.161. The van der Waals surface area contributed by atoms with Crippen molar-refractivity contribution in [3.05, 3.63) is 0 Å². The maximum Gasteiger partial charge on any atom is 0.472 e. The first kappa shape index (κ1) is 97.1. The number of aliphatic hydroxyl groups excluding tert-OH is 1. The lowest BCUT2D eigenvalue weighted by Crippen LogP contribution is -2.30. The summed E-state index contributed by atoms with van der Waals surface area (Å²) in [5.41, 5.74) is 0. The predicted octanol–water partition coefficient (Wildman–Crippen LogP) is 23.9. The van der Waals surface area contributed by atoms with E-state index in [1.807, 2.05) is 0 Å². The van der Waals surface area contributed by atoms with Gasteiger partial charge in [-0.1, -0.05) is 369 Å². The van der Waals surface area contributed by atoms with E-state index in [0.717, 1.165) is 108 Å². The number of ether oxygens (including phenoxy) is 4. The third-order valence-corrected chi connectivity index (χ3v) is 21.0. The molecule has 0 spiro atoms. The van der Waals surface area contributed by atoms with Crippen molar-refractivity contribution in [2.75, 3.05) is 39.6 Å². The normalized spacial score (nSPS) is 14.2. The minimum absolute atomic E-state index is 0.107. The number of carbonyl (C=O) groups is 4. The second-order valence-electron chi connectivity index (χ2n) is 29.5. The molecule has 19 heteroatoms. The SMILES string of the molecule is CCCCCCCCCCCCCCCCCCCCC(=O)O[C@H](COC(=O)CCCCCCCCCCCCCCCCC(C)C)COP(=O)(O)OC[C@@H](O)COP(=O)(O)OC[C@@H](COC(=O)CCCCCCCCC(C)CC)OC(=O)CCCCCCCCCCCCCCCC. The lowest BCUT2D eigenvalue weighted by atomic mass is 10.00. The number of hydrogen-bond donors (Lipinski definition) is 3. The van der Waals surface area contributed by atoms with Crippen molar-refractivity contribution in [1.29, 1.82) is 0 Å². The largest absolute Gasteiger partial charge is 0.472 e. The molecule has 0 rings (SSSR count). The molecule has 0 saturated heterocycles. The Balaban J connectivity index is 5.24. The van der Waals surface area contributed by atoms with E-state index in [-0.39, 0.29) is 25.7 Å². The third-order valence-electron chi connectivity index (χ3n) is 19.1. The van der Waals surface area contributed by atoms with Gasteiger partial charge in [-0.25, -0.2) is 9.13 Å². The lowest BCUT2D eigenvalue weighted by Gasteiger charge is -2.21. The van der Waals surface area contributed by atoms with E-state index >= 15 is 0 Å². The van der Waals surface area contributed by atoms with Crippen LogP contribution in [0.25, 0.3) is 0 Å². The number of hydrogen-bond acceptors (Lipinski definition) is 15. The second-order valence-corrected chi connectivity index (χ2v) is 32.4. The summed E-state index contributed by atoms with van der Waals surface area (Å²) in [7, 11) is -9.92. The number of phosphoric acid groups is 2. The highest BCUT2D eigenvalue weighted by Crippen LogP contribution is 2.45. The van der Waals surface area contributed by atoms with Crippen molar-refractivity contribution >= 4 is 39.5 Å². The van der Waals surface area contributed by atoms with Gasteiger partial charge in [0, 0.05) is 25.7 Å². The van der Waals surface area contributed by atoms with Crippen LogP contribution < -0.4 is 0 Å². The average Bonchev–Trinajstić information content (AvgIpc) is 1.33. The Morgan fingerprint density at radius 2 is 0.515 bits per heavy atom.